The van der Waals surface area contributed by atoms with E-state index in [4.69, 9.17) is 0 Å². The fourth-order valence-electron chi connectivity index (χ4n) is 2.43. The highest BCUT2D eigenvalue weighted by Gasteiger charge is 2.15. The van der Waals surface area contributed by atoms with Gasteiger partial charge in [-0.2, -0.15) is 0 Å². The fraction of sp³-hybridized carbons (Fsp3) is 0.778. The summed E-state index contributed by atoms with van der Waals surface area (Å²) < 4.78 is 0. The van der Waals surface area contributed by atoms with Gasteiger partial charge in [-0.25, -0.2) is 0 Å². The monoisotopic (exact) mass is 310 g/mol. The molecule has 0 atom stereocenters. The smallest absolute Gasteiger partial charge is 0.0709 e. The van der Waals surface area contributed by atoms with Crippen molar-refractivity contribution in [2.24, 2.45) is 0 Å². The van der Waals surface area contributed by atoms with E-state index in [1.54, 1.807) is 0 Å². The van der Waals surface area contributed by atoms with E-state index in [2.05, 4.69) is 50.7 Å². The van der Waals surface area contributed by atoms with Gasteiger partial charge in [-0.3, -0.25) is 0 Å². The maximum absolute atomic E-state index is 3.97. The summed E-state index contributed by atoms with van der Waals surface area (Å²) in [6.45, 7) is 17.6. The molecule has 0 heterocycles. The van der Waals surface area contributed by atoms with E-state index < -0.39 is 16.1 Å². The van der Waals surface area contributed by atoms with Crippen molar-refractivity contribution >= 4 is 16.1 Å². The van der Waals surface area contributed by atoms with E-state index in [0.29, 0.717) is 0 Å². The van der Waals surface area contributed by atoms with E-state index in [-0.39, 0.29) is 0 Å². The zero-order chi connectivity index (χ0) is 15.5. The predicted octanol–water partition coefficient (Wildman–Crippen LogP) is 6.97. The highest BCUT2D eigenvalue weighted by atomic mass is 28.3. The summed E-state index contributed by atoms with van der Waals surface area (Å²) >= 11 is 0. The fourth-order valence-corrected chi connectivity index (χ4v) is 5.16. The highest BCUT2D eigenvalue weighted by Crippen LogP contribution is 2.18. The second kappa shape index (κ2) is 10.6. The molecule has 0 saturated heterocycles. The van der Waals surface area contributed by atoms with E-state index in [9.17, 15) is 0 Å². The minimum absolute atomic E-state index is 1.03. The topological polar surface area (TPSA) is 0 Å². The van der Waals surface area contributed by atoms with Gasteiger partial charge < -0.3 is 0 Å². The van der Waals surface area contributed by atoms with Gasteiger partial charge >= 0.3 is 0 Å². The van der Waals surface area contributed by atoms with Crippen molar-refractivity contribution in [3.63, 3.8) is 0 Å². The third kappa shape index (κ3) is 11.7. The summed E-state index contributed by atoms with van der Waals surface area (Å²) in [6, 6.07) is 2.86. The van der Waals surface area contributed by atoms with Crippen molar-refractivity contribution in [3.05, 3.63) is 24.6 Å². The molecule has 20 heavy (non-hydrogen) atoms. The van der Waals surface area contributed by atoms with Crippen molar-refractivity contribution in [2.45, 2.75) is 89.6 Å². The Hall–Kier alpha value is -0.0862. The summed E-state index contributed by atoms with van der Waals surface area (Å²) in [6.07, 6.45) is 11.5. The summed E-state index contributed by atoms with van der Waals surface area (Å²) in [5.74, 6) is 0. The Morgan fingerprint density at radius 1 is 0.550 bits per heavy atom. The van der Waals surface area contributed by atoms with Gasteiger partial charge in [0, 0.05) is 0 Å². The minimum Gasteiger partial charge on any atom is -0.107 e. The molecule has 0 aliphatic heterocycles. The summed E-state index contributed by atoms with van der Waals surface area (Å²) in [5.41, 5.74) is 4.47. The summed E-state index contributed by atoms with van der Waals surface area (Å²) in [5, 5.41) is 0. The molecule has 0 aromatic heterocycles. The number of hydrogen-bond donors (Lipinski definition) is 0. The molecule has 0 rings (SSSR count). The van der Waals surface area contributed by atoms with Gasteiger partial charge in [-0.1, -0.05) is 89.6 Å². The van der Waals surface area contributed by atoms with Crippen LogP contribution in [-0.4, -0.2) is 16.1 Å². The molecular formula is C18H38Si2. The molecular weight excluding hydrogens is 272 g/mol. The SMILES string of the molecule is C=C[Si](C)(C)CCCCCCCCCC[Si](C)(C)C=C. The van der Waals surface area contributed by atoms with Gasteiger partial charge in [-0.05, 0) is 0 Å². The van der Waals surface area contributed by atoms with Crippen LogP contribution in [0, 0.1) is 0 Å². The predicted molar refractivity (Wildman–Crippen MR) is 102 cm³/mol. The van der Waals surface area contributed by atoms with Crippen LogP contribution in [0.4, 0.5) is 0 Å². The third-order valence-corrected chi connectivity index (χ3v) is 9.99. The molecule has 0 spiro atoms. The molecule has 0 aliphatic carbocycles. The van der Waals surface area contributed by atoms with Crippen LogP contribution in [0.15, 0.2) is 24.6 Å². The van der Waals surface area contributed by atoms with Crippen molar-refractivity contribution in [3.8, 4) is 0 Å². The largest absolute Gasteiger partial charge is 0.107 e. The van der Waals surface area contributed by atoms with Gasteiger partial charge in [0.05, 0.1) is 16.1 Å². The molecule has 0 bridgehead atoms. The van der Waals surface area contributed by atoms with Crippen LogP contribution in [0.2, 0.25) is 38.3 Å². The lowest BCUT2D eigenvalue weighted by Crippen LogP contribution is -2.21. The second-order valence-corrected chi connectivity index (χ2v) is 17.5. The van der Waals surface area contributed by atoms with Gasteiger partial charge in [0.15, 0.2) is 0 Å². The standard InChI is InChI=1S/C18H38Si2/c1-7-19(3,4)17-15-13-11-9-10-12-14-16-18-20(5,6)8-2/h7-8H,1-2,9-18H2,3-6H3. The Morgan fingerprint density at radius 3 is 1.05 bits per heavy atom. The molecule has 0 aromatic rings. The second-order valence-electron chi connectivity index (χ2n) is 7.71. The van der Waals surface area contributed by atoms with Crippen LogP contribution in [0.5, 0.6) is 0 Å². The van der Waals surface area contributed by atoms with E-state index >= 15 is 0 Å². The quantitative estimate of drug-likeness (QED) is 0.254. The van der Waals surface area contributed by atoms with Gasteiger partial charge in [0.25, 0.3) is 0 Å². The van der Waals surface area contributed by atoms with Crippen LogP contribution >= 0.6 is 0 Å². The Kier molecular flexibility index (Phi) is 10.6. The maximum Gasteiger partial charge on any atom is 0.0709 e. The van der Waals surface area contributed by atoms with Crippen molar-refractivity contribution in [1.82, 2.24) is 0 Å². The first-order valence-corrected chi connectivity index (χ1v) is 15.2. The highest BCUT2D eigenvalue weighted by molar-refractivity contribution is 6.82. The lowest BCUT2D eigenvalue weighted by molar-refractivity contribution is 0.583. The Morgan fingerprint density at radius 2 is 0.800 bits per heavy atom. The van der Waals surface area contributed by atoms with Gasteiger partial charge in [0.1, 0.15) is 0 Å². The molecule has 0 radical (unpaired) electrons. The average Bonchev–Trinajstić information content (AvgIpc) is 2.41. The van der Waals surface area contributed by atoms with Crippen molar-refractivity contribution in [1.29, 1.82) is 0 Å². The lowest BCUT2D eigenvalue weighted by Gasteiger charge is -2.16. The molecule has 2 heteroatoms. The first kappa shape index (κ1) is 19.9. The van der Waals surface area contributed by atoms with E-state index in [1.165, 1.54) is 63.5 Å². The molecule has 0 N–H and O–H groups in total. The minimum atomic E-state index is -1.03. The Labute approximate surface area is 130 Å². The van der Waals surface area contributed by atoms with Crippen molar-refractivity contribution < 1.29 is 0 Å². The van der Waals surface area contributed by atoms with Crippen LogP contribution < -0.4 is 0 Å². The summed E-state index contributed by atoms with van der Waals surface area (Å²) in [7, 11) is -2.05. The van der Waals surface area contributed by atoms with Gasteiger partial charge in [0.2, 0.25) is 0 Å². The summed E-state index contributed by atoms with van der Waals surface area (Å²) in [4.78, 5) is 0. The first-order valence-electron chi connectivity index (χ1n) is 8.60. The first-order chi connectivity index (χ1) is 9.33. The lowest BCUT2D eigenvalue weighted by atomic mass is 10.1. The van der Waals surface area contributed by atoms with Gasteiger partial charge in [-0.15, -0.1) is 24.6 Å². The number of rotatable bonds is 13. The van der Waals surface area contributed by atoms with Crippen LogP contribution in [-0.2, 0) is 0 Å². The molecule has 0 saturated carbocycles. The average molecular weight is 311 g/mol. The maximum atomic E-state index is 3.97. The third-order valence-electron chi connectivity index (χ3n) is 4.50. The molecule has 0 aromatic carbocycles. The molecule has 0 amide bonds. The normalized spacial score (nSPS) is 12.4. The molecule has 0 fully saturated rings. The molecule has 0 aliphatic rings. The van der Waals surface area contributed by atoms with Crippen LogP contribution in [0.1, 0.15) is 51.4 Å². The zero-order valence-electron chi connectivity index (χ0n) is 14.6. The molecule has 118 valence electrons. The Balaban J connectivity index is 3.30. The van der Waals surface area contributed by atoms with E-state index in [0.717, 1.165) is 0 Å². The Bertz CT molecular complexity index is 239. The molecule has 0 nitrogen and oxygen atoms in total. The van der Waals surface area contributed by atoms with E-state index in [1.807, 2.05) is 0 Å². The zero-order valence-corrected chi connectivity index (χ0v) is 16.6. The van der Waals surface area contributed by atoms with Crippen LogP contribution in [0.25, 0.3) is 0 Å². The van der Waals surface area contributed by atoms with Crippen LogP contribution in [0.3, 0.4) is 0 Å². The molecule has 0 unspecified atom stereocenters. The number of unbranched alkanes of at least 4 members (excludes halogenated alkanes) is 7. The van der Waals surface area contributed by atoms with Crippen molar-refractivity contribution in [2.75, 3.05) is 0 Å². The number of hydrogen-bond acceptors (Lipinski definition) is 0.